The second-order valence-corrected chi connectivity index (χ2v) is 6.23. The van der Waals surface area contributed by atoms with Crippen molar-refractivity contribution in [3.05, 3.63) is 35.2 Å². The molecule has 1 aromatic carbocycles. The van der Waals surface area contributed by atoms with E-state index in [4.69, 9.17) is 4.74 Å². The summed E-state index contributed by atoms with van der Waals surface area (Å²) in [6, 6.07) is 4.81. The predicted molar refractivity (Wildman–Crippen MR) is 93.7 cm³/mol. The van der Waals surface area contributed by atoms with E-state index in [-0.39, 0.29) is 18.2 Å². The number of nitrogens with zero attached hydrogens (tertiary/aromatic N) is 2. The van der Waals surface area contributed by atoms with E-state index in [0.717, 1.165) is 11.1 Å². The Hall–Kier alpha value is -3.03. The number of ether oxygens (including phenoxy) is 1. The number of fused-ring (bicyclic) bond motifs is 1. The van der Waals surface area contributed by atoms with Gasteiger partial charge in [-0.2, -0.15) is 4.99 Å². The van der Waals surface area contributed by atoms with E-state index in [0.29, 0.717) is 23.2 Å². The van der Waals surface area contributed by atoms with Gasteiger partial charge in [0.2, 0.25) is 17.8 Å². The van der Waals surface area contributed by atoms with E-state index in [2.05, 4.69) is 21.1 Å². The van der Waals surface area contributed by atoms with E-state index < -0.39 is 6.04 Å². The van der Waals surface area contributed by atoms with Gasteiger partial charge < -0.3 is 10.1 Å². The maximum absolute atomic E-state index is 12.8. The molecule has 0 bridgehead atoms. The van der Waals surface area contributed by atoms with Crippen molar-refractivity contribution in [1.29, 1.82) is 0 Å². The number of hydrogen-bond donors (Lipinski definition) is 3. The normalized spacial score (nSPS) is 18.8. The Kier molecular flexibility index (Phi) is 4.35. The largest absolute Gasteiger partial charge is 0.495 e. The number of allylic oxidation sites excluding steroid dienone is 1. The predicted octanol–water partition coefficient (Wildman–Crippen LogP) is 1.26. The average Bonchev–Trinajstić information content (AvgIpc) is 2.98. The molecule has 2 aliphatic rings. The monoisotopic (exact) mass is 343 g/mol. The number of carbonyl (C=O) groups is 2. The Morgan fingerprint density at radius 3 is 2.84 bits per heavy atom. The lowest BCUT2D eigenvalue weighted by Gasteiger charge is -2.32. The van der Waals surface area contributed by atoms with Gasteiger partial charge in [0.05, 0.1) is 19.2 Å². The second-order valence-electron chi connectivity index (χ2n) is 6.23. The van der Waals surface area contributed by atoms with Crippen LogP contribution in [0.4, 0.5) is 5.69 Å². The third-order valence-corrected chi connectivity index (χ3v) is 4.00. The van der Waals surface area contributed by atoms with Crippen LogP contribution in [0.25, 0.3) is 0 Å². The number of methoxy groups -OCH3 is 1. The Bertz CT molecular complexity index is 795. The van der Waals surface area contributed by atoms with Crippen molar-refractivity contribution in [2.75, 3.05) is 12.4 Å². The molecule has 0 aromatic heterocycles. The minimum atomic E-state index is -0.713. The van der Waals surface area contributed by atoms with Crippen molar-refractivity contribution in [1.82, 2.24) is 15.8 Å². The van der Waals surface area contributed by atoms with Gasteiger partial charge in [-0.1, -0.05) is 6.07 Å². The van der Waals surface area contributed by atoms with Crippen LogP contribution in [0.15, 0.2) is 34.6 Å². The Morgan fingerprint density at radius 2 is 2.16 bits per heavy atom. The highest BCUT2D eigenvalue weighted by atomic mass is 16.5. The zero-order chi connectivity index (χ0) is 18.1. The highest BCUT2D eigenvalue weighted by molar-refractivity contribution is 6.08. The standard InChI is InChI=1S/C17H21N5O3/c1-9(2)15-20-17-19-14(23)8-12(22(17)21-15)16(24)18-11-7-10(3)5-6-13(11)25-4/h5-7,12,21H,8H2,1-4H3,(H,18,24)(H,19,20,23)/t12-/m1/s1. The van der Waals surface area contributed by atoms with Crippen LogP contribution < -0.4 is 20.8 Å². The summed E-state index contributed by atoms with van der Waals surface area (Å²) in [6.45, 7) is 5.73. The molecule has 1 saturated heterocycles. The number of aryl methyl sites for hydroxylation is 1. The van der Waals surface area contributed by atoms with Crippen LogP contribution >= 0.6 is 0 Å². The second kappa shape index (κ2) is 6.46. The molecular weight excluding hydrogens is 322 g/mol. The number of amides is 2. The molecule has 1 atom stereocenters. The number of anilines is 1. The summed E-state index contributed by atoms with van der Waals surface area (Å²) in [5.74, 6) is 0.969. The molecular formula is C17H21N5O3. The minimum Gasteiger partial charge on any atom is -0.495 e. The number of hydrogen-bond acceptors (Lipinski definition) is 6. The van der Waals surface area contributed by atoms with E-state index in [1.54, 1.807) is 18.2 Å². The molecule has 0 unspecified atom stereocenters. The fourth-order valence-corrected chi connectivity index (χ4v) is 2.68. The number of nitrogens with one attached hydrogen (secondary N) is 3. The zero-order valence-electron chi connectivity index (χ0n) is 14.6. The fraction of sp³-hybridized carbons (Fsp3) is 0.353. The van der Waals surface area contributed by atoms with Gasteiger partial charge >= 0.3 is 0 Å². The summed E-state index contributed by atoms with van der Waals surface area (Å²) in [4.78, 5) is 29.1. The maximum Gasteiger partial charge on any atom is 0.249 e. The molecule has 8 nitrogen and oxygen atoms in total. The van der Waals surface area contributed by atoms with Crippen molar-refractivity contribution in [3.8, 4) is 5.75 Å². The number of benzene rings is 1. The molecule has 1 fully saturated rings. The average molecular weight is 343 g/mol. The van der Waals surface area contributed by atoms with E-state index >= 15 is 0 Å². The third-order valence-electron chi connectivity index (χ3n) is 4.00. The van der Waals surface area contributed by atoms with Crippen LogP contribution in [0.3, 0.4) is 0 Å². The highest BCUT2D eigenvalue weighted by Gasteiger charge is 2.39. The molecule has 8 heteroatoms. The van der Waals surface area contributed by atoms with E-state index in [1.165, 1.54) is 0 Å². The number of rotatable bonds is 3. The summed E-state index contributed by atoms with van der Waals surface area (Å²) >= 11 is 0. The van der Waals surface area contributed by atoms with Crippen LogP contribution in [0.1, 0.15) is 25.8 Å². The lowest BCUT2D eigenvalue weighted by molar-refractivity contribution is -0.129. The van der Waals surface area contributed by atoms with Gasteiger partial charge in [-0.3, -0.25) is 20.3 Å². The highest BCUT2D eigenvalue weighted by Crippen LogP contribution is 2.26. The molecule has 0 radical (unpaired) electrons. The zero-order valence-corrected chi connectivity index (χ0v) is 14.6. The molecule has 3 rings (SSSR count). The van der Waals surface area contributed by atoms with Crippen molar-refractivity contribution >= 4 is 23.5 Å². The van der Waals surface area contributed by atoms with Gasteiger partial charge in [0, 0.05) is 0 Å². The summed E-state index contributed by atoms with van der Waals surface area (Å²) < 4.78 is 5.29. The van der Waals surface area contributed by atoms with Gasteiger partial charge in [-0.15, -0.1) is 0 Å². The molecule has 25 heavy (non-hydrogen) atoms. The van der Waals surface area contributed by atoms with Gasteiger partial charge in [0.15, 0.2) is 0 Å². The molecule has 0 aliphatic carbocycles. The Balaban J connectivity index is 1.85. The SMILES string of the molecule is COc1ccc(C)cc1NC(=O)[C@H]1CC(=O)NC2=NC(=C(C)C)NN21. The first-order valence-electron chi connectivity index (χ1n) is 7.96. The van der Waals surface area contributed by atoms with Crippen molar-refractivity contribution in [2.45, 2.75) is 33.2 Å². The Morgan fingerprint density at radius 1 is 1.40 bits per heavy atom. The first-order valence-corrected chi connectivity index (χ1v) is 7.96. The topological polar surface area (TPSA) is 95.1 Å². The maximum atomic E-state index is 12.8. The quantitative estimate of drug-likeness (QED) is 0.768. The Labute approximate surface area is 145 Å². The van der Waals surface area contributed by atoms with Crippen molar-refractivity contribution in [3.63, 3.8) is 0 Å². The molecule has 2 amide bonds. The minimum absolute atomic E-state index is 0.0298. The molecule has 132 valence electrons. The number of carbonyl (C=O) groups excluding carboxylic acids is 2. The van der Waals surface area contributed by atoms with Crippen LogP contribution in [-0.4, -0.2) is 35.9 Å². The summed E-state index contributed by atoms with van der Waals surface area (Å²) in [5.41, 5.74) is 5.59. The molecule has 0 spiro atoms. The molecule has 3 N–H and O–H groups in total. The van der Waals surface area contributed by atoms with E-state index in [9.17, 15) is 9.59 Å². The third kappa shape index (κ3) is 3.28. The van der Waals surface area contributed by atoms with Gasteiger partial charge in [-0.25, -0.2) is 5.01 Å². The molecule has 1 aromatic rings. The molecule has 2 aliphatic heterocycles. The van der Waals surface area contributed by atoms with Crippen LogP contribution in [0.2, 0.25) is 0 Å². The number of hydrazine groups is 1. The van der Waals surface area contributed by atoms with Gasteiger partial charge in [-0.05, 0) is 44.0 Å². The lowest BCUT2D eigenvalue weighted by atomic mass is 10.1. The van der Waals surface area contributed by atoms with E-state index in [1.807, 2.05) is 32.9 Å². The summed E-state index contributed by atoms with van der Waals surface area (Å²) in [6.07, 6.45) is 0.0298. The van der Waals surface area contributed by atoms with Crippen LogP contribution in [-0.2, 0) is 9.59 Å². The van der Waals surface area contributed by atoms with Crippen molar-refractivity contribution < 1.29 is 14.3 Å². The van der Waals surface area contributed by atoms with Crippen LogP contribution in [0, 0.1) is 6.92 Å². The fourth-order valence-electron chi connectivity index (χ4n) is 2.68. The first kappa shape index (κ1) is 16.8. The van der Waals surface area contributed by atoms with Gasteiger partial charge in [0.1, 0.15) is 17.6 Å². The van der Waals surface area contributed by atoms with Crippen molar-refractivity contribution in [2.24, 2.45) is 4.99 Å². The summed E-state index contributed by atoms with van der Waals surface area (Å²) in [5, 5.41) is 7.12. The smallest absolute Gasteiger partial charge is 0.249 e. The van der Waals surface area contributed by atoms with Gasteiger partial charge in [0.25, 0.3) is 0 Å². The first-order chi connectivity index (χ1) is 11.9. The molecule has 2 heterocycles. The summed E-state index contributed by atoms with van der Waals surface area (Å²) in [7, 11) is 1.54. The molecule has 0 saturated carbocycles. The number of guanidine groups is 1. The number of aliphatic imine (C=N–C) groups is 1. The lowest BCUT2D eigenvalue weighted by Crippen LogP contribution is -2.61. The van der Waals surface area contributed by atoms with Crippen LogP contribution in [0.5, 0.6) is 5.75 Å².